The summed E-state index contributed by atoms with van der Waals surface area (Å²) in [6, 6.07) is 6.54. The van der Waals surface area contributed by atoms with Gasteiger partial charge in [-0.25, -0.2) is 0 Å². The molecule has 0 atom stereocenters. The summed E-state index contributed by atoms with van der Waals surface area (Å²) in [5, 5.41) is 9.04. The van der Waals surface area contributed by atoms with E-state index in [0.29, 0.717) is 15.4 Å². The molecule has 1 N–H and O–H groups in total. The van der Waals surface area contributed by atoms with Gasteiger partial charge in [-0.15, -0.1) is 0 Å². The molecule has 0 bridgehead atoms. The fraction of sp³-hybridized carbons (Fsp3) is 0.182. The Balaban J connectivity index is 2.77. The third-order valence-electron chi connectivity index (χ3n) is 2.41. The van der Waals surface area contributed by atoms with Crippen LogP contribution in [-0.4, -0.2) is 4.98 Å². The molecule has 0 unspecified atom stereocenters. The number of nitriles is 1. The van der Waals surface area contributed by atoms with Gasteiger partial charge in [0.15, 0.2) is 0 Å². The van der Waals surface area contributed by atoms with Crippen molar-refractivity contribution >= 4 is 26.8 Å². The van der Waals surface area contributed by atoms with Crippen LogP contribution < -0.4 is 0 Å². The molecule has 1 aromatic heterocycles. The molecule has 1 heterocycles. The highest BCUT2D eigenvalue weighted by Gasteiger charge is 2.36. The number of aromatic amines is 1. The molecule has 0 spiro atoms. The number of aromatic nitrogens is 1. The molecule has 1 aromatic carbocycles. The molecular weight excluding hydrogens is 297 g/mol. The summed E-state index contributed by atoms with van der Waals surface area (Å²) in [7, 11) is 0. The smallest absolute Gasteiger partial charge is 0.351 e. The van der Waals surface area contributed by atoms with Crippen LogP contribution in [0.5, 0.6) is 0 Å². The topological polar surface area (TPSA) is 39.6 Å². The first kappa shape index (κ1) is 12.0. The van der Waals surface area contributed by atoms with Crippen molar-refractivity contribution in [3.63, 3.8) is 0 Å². The molecule has 17 heavy (non-hydrogen) atoms. The molecule has 2 aromatic rings. The first-order valence-corrected chi connectivity index (χ1v) is 5.47. The highest BCUT2D eigenvalue weighted by Crippen LogP contribution is 2.36. The molecule has 0 aliphatic heterocycles. The molecule has 0 fully saturated rings. The van der Waals surface area contributed by atoms with Crippen LogP contribution in [0.15, 0.2) is 22.7 Å². The Kier molecular flexibility index (Phi) is 2.87. The Labute approximate surface area is 103 Å². The number of hydrogen-bond acceptors (Lipinski definition) is 1. The van der Waals surface area contributed by atoms with Gasteiger partial charge in [0.05, 0.1) is 12.5 Å². The van der Waals surface area contributed by atoms with Gasteiger partial charge in [-0.1, -0.05) is 15.9 Å². The number of nitrogens with one attached hydrogen (secondary N) is 1. The maximum Gasteiger partial charge on any atom is 0.431 e. The van der Waals surface area contributed by atoms with Crippen LogP contribution in [0, 0.1) is 11.3 Å². The molecule has 88 valence electrons. The Hall–Kier alpha value is -1.48. The van der Waals surface area contributed by atoms with Crippen LogP contribution in [0.2, 0.25) is 0 Å². The molecule has 0 saturated carbocycles. The second kappa shape index (κ2) is 4.08. The number of benzene rings is 1. The van der Waals surface area contributed by atoms with Crippen LogP contribution in [0.4, 0.5) is 13.2 Å². The monoisotopic (exact) mass is 302 g/mol. The Bertz CT molecular complexity index is 607. The van der Waals surface area contributed by atoms with E-state index in [-0.39, 0.29) is 12.0 Å². The molecule has 0 aliphatic rings. The van der Waals surface area contributed by atoms with E-state index in [9.17, 15) is 13.2 Å². The van der Waals surface area contributed by atoms with E-state index in [1.54, 1.807) is 24.3 Å². The van der Waals surface area contributed by atoms with Crippen molar-refractivity contribution in [1.29, 1.82) is 5.26 Å². The lowest BCUT2D eigenvalue weighted by Gasteiger charge is -2.05. The number of H-pyrrole nitrogens is 1. The lowest BCUT2D eigenvalue weighted by atomic mass is 10.1. The maximum atomic E-state index is 12.8. The summed E-state index contributed by atoms with van der Waals surface area (Å²) >= 11 is 3.20. The summed E-state index contributed by atoms with van der Waals surface area (Å²) in [5.74, 6) is 0. The molecule has 0 aliphatic carbocycles. The fourth-order valence-corrected chi connectivity index (χ4v) is 2.09. The zero-order valence-corrected chi connectivity index (χ0v) is 9.98. The molecular formula is C11H6BrF3N2. The number of halogens is 4. The van der Waals surface area contributed by atoms with E-state index >= 15 is 0 Å². The summed E-state index contributed by atoms with van der Waals surface area (Å²) in [6.45, 7) is 0. The summed E-state index contributed by atoms with van der Waals surface area (Å²) in [6.07, 6.45) is -4.75. The largest absolute Gasteiger partial charge is 0.431 e. The molecule has 6 heteroatoms. The summed E-state index contributed by atoms with van der Waals surface area (Å²) < 4.78 is 39.0. The average molecular weight is 303 g/mol. The van der Waals surface area contributed by atoms with Crippen LogP contribution in [0.25, 0.3) is 10.9 Å². The van der Waals surface area contributed by atoms with Crippen molar-refractivity contribution in [2.24, 2.45) is 0 Å². The van der Waals surface area contributed by atoms with Crippen LogP contribution in [-0.2, 0) is 12.6 Å². The second-order valence-corrected chi connectivity index (χ2v) is 4.42. The SMILES string of the molecule is N#CCc1c(C(F)(F)F)[nH]c2ccc(Br)cc12. The Morgan fingerprint density at radius 3 is 2.65 bits per heavy atom. The minimum absolute atomic E-state index is 0.00343. The minimum atomic E-state index is -4.47. The van der Waals surface area contributed by atoms with Gasteiger partial charge < -0.3 is 4.98 Å². The van der Waals surface area contributed by atoms with Gasteiger partial charge in [0.2, 0.25) is 0 Å². The van der Waals surface area contributed by atoms with Crippen LogP contribution in [0.3, 0.4) is 0 Å². The molecule has 2 rings (SSSR count). The van der Waals surface area contributed by atoms with Crippen molar-refractivity contribution in [2.75, 3.05) is 0 Å². The molecule has 2 nitrogen and oxygen atoms in total. The molecule has 0 amide bonds. The van der Waals surface area contributed by atoms with Gasteiger partial charge in [0.1, 0.15) is 5.69 Å². The highest BCUT2D eigenvalue weighted by atomic mass is 79.9. The Morgan fingerprint density at radius 2 is 2.06 bits per heavy atom. The van der Waals surface area contributed by atoms with Gasteiger partial charge in [-0.2, -0.15) is 18.4 Å². The number of hydrogen-bond donors (Lipinski definition) is 1. The van der Waals surface area contributed by atoms with E-state index in [1.165, 1.54) is 0 Å². The standard InChI is InChI=1S/C11H6BrF3N2/c12-6-1-2-9-8(5-6)7(3-4-16)10(17-9)11(13,14)15/h1-2,5,17H,3H2. The van der Waals surface area contributed by atoms with Crippen molar-refractivity contribution in [2.45, 2.75) is 12.6 Å². The number of nitrogens with zero attached hydrogens (tertiary/aromatic N) is 1. The molecule has 0 saturated heterocycles. The predicted molar refractivity (Wildman–Crippen MR) is 60.3 cm³/mol. The van der Waals surface area contributed by atoms with Gasteiger partial charge in [0.25, 0.3) is 0 Å². The maximum absolute atomic E-state index is 12.8. The third-order valence-corrected chi connectivity index (χ3v) is 2.90. The van der Waals surface area contributed by atoms with Crippen molar-refractivity contribution in [3.8, 4) is 6.07 Å². The lowest BCUT2D eigenvalue weighted by molar-refractivity contribution is -0.141. The zero-order valence-electron chi connectivity index (χ0n) is 8.40. The van der Waals surface area contributed by atoms with Gasteiger partial charge in [-0.05, 0) is 18.2 Å². The molecule has 0 radical (unpaired) electrons. The number of rotatable bonds is 1. The van der Waals surface area contributed by atoms with Gasteiger partial charge in [-0.3, -0.25) is 0 Å². The fourth-order valence-electron chi connectivity index (χ4n) is 1.72. The van der Waals surface area contributed by atoms with Crippen molar-refractivity contribution in [3.05, 3.63) is 33.9 Å². The van der Waals surface area contributed by atoms with E-state index < -0.39 is 11.9 Å². The van der Waals surface area contributed by atoms with E-state index in [4.69, 9.17) is 5.26 Å². The first-order chi connectivity index (χ1) is 7.93. The number of fused-ring (bicyclic) bond motifs is 1. The Morgan fingerprint density at radius 1 is 1.35 bits per heavy atom. The third kappa shape index (κ3) is 2.15. The van der Waals surface area contributed by atoms with Gasteiger partial charge in [0, 0.05) is 20.9 Å². The zero-order chi connectivity index (χ0) is 12.6. The van der Waals surface area contributed by atoms with Crippen molar-refractivity contribution < 1.29 is 13.2 Å². The van der Waals surface area contributed by atoms with Crippen LogP contribution >= 0.6 is 15.9 Å². The second-order valence-electron chi connectivity index (χ2n) is 3.50. The summed E-state index contributed by atoms with van der Waals surface area (Å²) in [4.78, 5) is 2.32. The van der Waals surface area contributed by atoms with E-state index in [2.05, 4.69) is 20.9 Å². The lowest BCUT2D eigenvalue weighted by Crippen LogP contribution is -2.08. The van der Waals surface area contributed by atoms with Gasteiger partial charge >= 0.3 is 6.18 Å². The average Bonchev–Trinajstić information content (AvgIpc) is 2.57. The summed E-state index contributed by atoms with van der Waals surface area (Å²) in [5.41, 5.74) is -0.464. The number of alkyl halides is 3. The van der Waals surface area contributed by atoms with E-state index in [1.807, 2.05) is 0 Å². The predicted octanol–water partition coefficient (Wildman–Crippen LogP) is 4.02. The first-order valence-electron chi connectivity index (χ1n) is 4.67. The highest BCUT2D eigenvalue weighted by molar-refractivity contribution is 9.10. The normalized spacial score (nSPS) is 11.7. The van der Waals surface area contributed by atoms with E-state index in [0.717, 1.165) is 0 Å². The van der Waals surface area contributed by atoms with Crippen LogP contribution in [0.1, 0.15) is 11.3 Å². The van der Waals surface area contributed by atoms with Crippen molar-refractivity contribution in [1.82, 2.24) is 4.98 Å². The quantitative estimate of drug-likeness (QED) is 0.849. The minimum Gasteiger partial charge on any atom is -0.351 e.